The van der Waals surface area contributed by atoms with Crippen molar-refractivity contribution in [2.75, 3.05) is 0 Å². The van der Waals surface area contributed by atoms with Gasteiger partial charge in [-0.2, -0.15) is 0 Å². The molecule has 2 aromatic heterocycles. The maximum Gasteiger partial charge on any atom is 0.573 e. The molecule has 2 atom stereocenters. The van der Waals surface area contributed by atoms with E-state index in [2.05, 4.69) is 9.72 Å². The quantitative estimate of drug-likeness (QED) is 0.692. The van der Waals surface area contributed by atoms with Gasteiger partial charge < -0.3 is 24.3 Å². The second kappa shape index (κ2) is 6.03. The molecule has 6 nitrogen and oxygen atoms in total. The molecule has 1 aliphatic heterocycles. The number of benzene rings is 1. The Bertz CT molecular complexity index is 1050. The topological polar surface area (TPSA) is 76.7 Å². The lowest BCUT2D eigenvalue weighted by molar-refractivity contribution is -0.274. The zero-order valence-electron chi connectivity index (χ0n) is 14.9. The minimum atomic E-state index is -4.86. The summed E-state index contributed by atoms with van der Waals surface area (Å²) in [6, 6.07) is 6.06. The van der Waals surface area contributed by atoms with Crippen molar-refractivity contribution in [3.05, 3.63) is 48.3 Å². The van der Waals surface area contributed by atoms with Gasteiger partial charge in [0.15, 0.2) is 0 Å². The van der Waals surface area contributed by atoms with Crippen molar-refractivity contribution in [3.63, 3.8) is 0 Å². The van der Waals surface area contributed by atoms with E-state index in [-0.39, 0.29) is 11.4 Å². The fourth-order valence-electron chi connectivity index (χ4n) is 3.50. The first-order valence-electron chi connectivity index (χ1n) is 8.48. The highest BCUT2D eigenvalue weighted by Gasteiger charge is 2.45. The fraction of sp³-hybridized carbons (Fsp3) is 0.316. The van der Waals surface area contributed by atoms with Crippen LogP contribution in [-0.2, 0) is 0 Å². The molecule has 1 aromatic carbocycles. The molecule has 0 unspecified atom stereocenters. The molecule has 0 spiro atoms. The average Bonchev–Trinajstić information content (AvgIpc) is 2.92. The third kappa shape index (κ3) is 3.01. The van der Waals surface area contributed by atoms with Gasteiger partial charge in [0.05, 0.1) is 16.9 Å². The van der Waals surface area contributed by atoms with Crippen LogP contribution < -0.4 is 9.47 Å². The number of aliphatic hydroxyl groups excluding tert-OH is 1. The number of pyridine rings is 1. The van der Waals surface area contributed by atoms with Crippen LogP contribution in [0.2, 0.25) is 0 Å². The van der Waals surface area contributed by atoms with E-state index in [0.717, 1.165) is 12.1 Å². The first kappa shape index (κ1) is 18.4. The van der Waals surface area contributed by atoms with Crippen molar-refractivity contribution >= 4 is 10.9 Å². The Morgan fingerprint density at radius 3 is 2.68 bits per heavy atom. The maximum atomic E-state index is 12.6. The number of aromatic nitrogens is 2. The van der Waals surface area contributed by atoms with Crippen LogP contribution in [0.5, 0.6) is 17.4 Å². The van der Waals surface area contributed by atoms with Crippen LogP contribution in [0.25, 0.3) is 10.9 Å². The van der Waals surface area contributed by atoms with Gasteiger partial charge in [-0.05, 0) is 44.2 Å². The first-order valence-corrected chi connectivity index (χ1v) is 8.48. The van der Waals surface area contributed by atoms with Crippen LogP contribution in [-0.4, -0.2) is 37.8 Å². The van der Waals surface area contributed by atoms with Crippen LogP contribution in [0.1, 0.15) is 25.5 Å². The normalized spacial score (nSPS) is 21.2. The van der Waals surface area contributed by atoms with Crippen LogP contribution in [0.4, 0.5) is 13.2 Å². The van der Waals surface area contributed by atoms with Crippen LogP contribution >= 0.6 is 0 Å². The molecule has 0 fully saturated rings. The molecule has 0 aliphatic carbocycles. The Morgan fingerprint density at radius 1 is 1.25 bits per heavy atom. The second-order valence-electron chi connectivity index (χ2n) is 7.14. The SMILES string of the molecule is CC1(C)Oc2ccc(OC(F)(F)F)cc2[C@H](n2cc3ncccc3c2O)[C@H]1O. The zero-order valence-corrected chi connectivity index (χ0v) is 14.9. The molecule has 2 N–H and O–H groups in total. The molecule has 148 valence electrons. The summed E-state index contributed by atoms with van der Waals surface area (Å²) in [5, 5.41) is 22.1. The number of fused-ring (bicyclic) bond motifs is 2. The number of aliphatic hydroxyl groups is 1. The van der Waals surface area contributed by atoms with Gasteiger partial charge in [0.1, 0.15) is 23.2 Å². The monoisotopic (exact) mass is 394 g/mol. The summed E-state index contributed by atoms with van der Waals surface area (Å²) in [7, 11) is 0. The maximum absolute atomic E-state index is 12.6. The number of rotatable bonds is 2. The molecule has 0 saturated heterocycles. The summed E-state index contributed by atoms with van der Waals surface area (Å²) in [4.78, 5) is 4.17. The van der Waals surface area contributed by atoms with Gasteiger partial charge >= 0.3 is 6.36 Å². The van der Waals surface area contributed by atoms with Crippen LogP contribution in [0.3, 0.4) is 0 Å². The third-order valence-electron chi connectivity index (χ3n) is 4.80. The molecule has 0 radical (unpaired) electrons. The summed E-state index contributed by atoms with van der Waals surface area (Å²) in [5.74, 6) is -0.307. The molecule has 28 heavy (non-hydrogen) atoms. The fourth-order valence-corrected chi connectivity index (χ4v) is 3.50. The van der Waals surface area contributed by atoms with E-state index in [4.69, 9.17) is 4.74 Å². The molecule has 1 aliphatic rings. The van der Waals surface area contributed by atoms with Crippen LogP contribution in [0.15, 0.2) is 42.7 Å². The summed E-state index contributed by atoms with van der Waals surface area (Å²) in [6.07, 6.45) is -2.93. The van der Waals surface area contributed by atoms with Gasteiger partial charge in [0.25, 0.3) is 0 Å². The molecular weight excluding hydrogens is 377 g/mol. The number of nitrogens with zero attached hydrogens (tertiary/aromatic N) is 2. The van der Waals surface area contributed by atoms with E-state index in [1.807, 2.05) is 0 Å². The molecule has 4 rings (SSSR count). The zero-order chi connectivity index (χ0) is 20.3. The van der Waals surface area contributed by atoms with Crippen molar-refractivity contribution in [3.8, 4) is 17.4 Å². The van der Waals surface area contributed by atoms with E-state index < -0.39 is 29.9 Å². The van der Waals surface area contributed by atoms with E-state index >= 15 is 0 Å². The summed E-state index contributed by atoms with van der Waals surface area (Å²) < 4.78 is 49.1. The minimum absolute atomic E-state index is 0.155. The van der Waals surface area contributed by atoms with Crippen molar-refractivity contribution in [1.82, 2.24) is 9.55 Å². The number of aromatic hydroxyl groups is 1. The second-order valence-corrected chi connectivity index (χ2v) is 7.14. The van der Waals surface area contributed by atoms with Crippen LogP contribution in [0, 0.1) is 0 Å². The Kier molecular flexibility index (Phi) is 3.97. The van der Waals surface area contributed by atoms with Gasteiger partial charge in [0.2, 0.25) is 5.88 Å². The molecule has 3 heterocycles. The van der Waals surface area contributed by atoms with Crippen molar-refractivity contribution in [2.24, 2.45) is 0 Å². The van der Waals surface area contributed by atoms with E-state index in [1.165, 1.54) is 10.6 Å². The summed E-state index contributed by atoms with van der Waals surface area (Å²) in [5.41, 5.74) is -0.314. The van der Waals surface area contributed by atoms with E-state index in [1.54, 1.807) is 38.4 Å². The van der Waals surface area contributed by atoms with E-state index in [0.29, 0.717) is 16.7 Å². The summed E-state index contributed by atoms with van der Waals surface area (Å²) in [6.45, 7) is 3.32. The predicted molar refractivity (Wildman–Crippen MR) is 93.4 cm³/mol. The highest BCUT2D eigenvalue weighted by molar-refractivity contribution is 5.84. The lowest BCUT2D eigenvalue weighted by Gasteiger charge is -2.42. The number of alkyl halides is 3. The van der Waals surface area contributed by atoms with Gasteiger partial charge in [0, 0.05) is 18.0 Å². The lowest BCUT2D eigenvalue weighted by atomic mass is 9.86. The van der Waals surface area contributed by atoms with Gasteiger partial charge in [-0.25, -0.2) is 0 Å². The lowest BCUT2D eigenvalue weighted by Crippen LogP contribution is -2.50. The molecule has 0 bridgehead atoms. The number of hydrogen-bond donors (Lipinski definition) is 2. The predicted octanol–water partition coefficient (Wildman–Crippen LogP) is 3.76. The Morgan fingerprint density at radius 2 is 2.00 bits per heavy atom. The van der Waals surface area contributed by atoms with Crippen molar-refractivity contribution in [1.29, 1.82) is 0 Å². The summed E-state index contributed by atoms with van der Waals surface area (Å²) >= 11 is 0. The molecule has 0 amide bonds. The number of hydrogen-bond acceptors (Lipinski definition) is 5. The number of ether oxygens (including phenoxy) is 2. The molecule has 9 heteroatoms. The van der Waals surface area contributed by atoms with Gasteiger partial charge in [-0.3, -0.25) is 4.98 Å². The Hall–Kier alpha value is -2.94. The standard InChI is InChI=1S/C19H17F3N2O4/c1-18(2)16(25)15(24-9-13-11(17(24)26)4-3-7-23-13)12-8-10(27-19(20,21)22)5-6-14(12)28-18/h3-9,15-16,25-26H,1-2H3/t15-,16+/m0/s1. The number of halogens is 3. The molecule has 0 saturated carbocycles. The largest absolute Gasteiger partial charge is 0.573 e. The highest BCUT2D eigenvalue weighted by Crippen LogP contribution is 2.46. The van der Waals surface area contributed by atoms with Gasteiger partial charge in [-0.1, -0.05) is 0 Å². The Balaban J connectivity index is 1.90. The average molecular weight is 394 g/mol. The van der Waals surface area contributed by atoms with Gasteiger partial charge in [-0.15, -0.1) is 13.2 Å². The van der Waals surface area contributed by atoms with Crippen molar-refractivity contribution < 1.29 is 32.9 Å². The minimum Gasteiger partial charge on any atom is -0.494 e. The smallest absolute Gasteiger partial charge is 0.494 e. The third-order valence-corrected chi connectivity index (χ3v) is 4.80. The van der Waals surface area contributed by atoms with E-state index in [9.17, 15) is 23.4 Å². The Labute approximate surface area is 157 Å². The highest BCUT2D eigenvalue weighted by atomic mass is 19.4. The molecule has 3 aromatic rings. The first-order chi connectivity index (χ1) is 13.1. The molecular formula is C19H17F3N2O4. The van der Waals surface area contributed by atoms with Crippen molar-refractivity contribution in [2.45, 2.75) is 38.0 Å².